The molecule has 1 fully saturated rings. The van der Waals surface area contributed by atoms with Gasteiger partial charge in [0.2, 0.25) is 11.7 Å². The van der Waals surface area contributed by atoms with Crippen molar-refractivity contribution in [2.45, 2.75) is 25.2 Å². The molecule has 0 N–H and O–H groups in total. The maximum Gasteiger partial charge on any atom is 0.240 e. The Morgan fingerprint density at radius 2 is 2.09 bits per heavy atom. The van der Waals surface area contributed by atoms with Gasteiger partial charge in [-0.25, -0.2) is 13.8 Å². The monoisotopic (exact) mass is 303 g/mol. The van der Waals surface area contributed by atoms with Crippen LogP contribution in [0.4, 0.5) is 8.78 Å². The van der Waals surface area contributed by atoms with Crippen LogP contribution in [0.5, 0.6) is 0 Å². The zero-order valence-corrected chi connectivity index (χ0v) is 11.6. The van der Waals surface area contributed by atoms with Crippen LogP contribution in [0.2, 0.25) is 0 Å². The summed E-state index contributed by atoms with van der Waals surface area (Å²) in [4.78, 5) is 8.26. The number of hydrogen-bond donors (Lipinski definition) is 0. The molecule has 0 spiro atoms. The van der Waals surface area contributed by atoms with Crippen LogP contribution in [-0.4, -0.2) is 15.1 Å². The molecule has 7 heteroatoms. The number of aryl methyl sites for hydroxylation is 1. The molecule has 5 nitrogen and oxygen atoms in total. The Hall–Kier alpha value is -2.57. The smallest absolute Gasteiger partial charge is 0.240 e. The van der Waals surface area contributed by atoms with Crippen molar-refractivity contribution >= 4 is 0 Å². The average Bonchev–Trinajstić information content (AvgIpc) is 2.92. The summed E-state index contributed by atoms with van der Waals surface area (Å²) in [5.74, 6) is -0.0262. The Morgan fingerprint density at radius 1 is 1.23 bits per heavy atom. The Morgan fingerprint density at radius 3 is 2.82 bits per heavy atom. The molecular weight excluding hydrogens is 292 g/mol. The fourth-order valence-corrected chi connectivity index (χ4v) is 2.61. The normalized spacial score (nSPS) is 20.3. The van der Waals surface area contributed by atoms with Gasteiger partial charge in [-0.2, -0.15) is 4.98 Å². The lowest BCUT2D eigenvalue weighted by Gasteiger charge is -2.00. The van der Waals surface area contributed by atoms with Crippen LogP contribution >= 0.6 is 0 Å². The van der Waals surface area contributed by atoms with Crippen molar-refractivity contribution in [3.63, 3.8) is 0 Å². The van der Waals surface area contributed by atoms with E-state index in [4.69, 9.17) is 8.94 Å². The van der Waals surface area contributed by atoms with Gasteiger partial charge in [0.25, 0.3) is 0 Å². The first kappa shape index (κ1) is 13.1. The summed E-state index contributed by atoms with van der Waals surface area (Å²) < 4.78 is 37.2. The van der Waals surface area contributed by atoms with Crippen molar-refractivity contribution in [1.82, 2.24) is 15.1 Å². The Balaban J connectivity index is 1.58. The fraction of sp³-hybridized carbons (Fsp3) is 0.267. The van der Waals surface area contributed by atoms with Crippen molar-refractivity contribution in [2.24, 2.45) is 0 Å². The molecule has 22 heavy (non-hydrogen) atoms. The largest absolute Gasteiger partial charge is 0.440 e. The number of oxazole rings is 1. The summed E-state index contributed by atoms with van der Waals surface area (Å²) in [5.41, 5.74) is 1.14. The maximum absolute atomic E-state index is 13.8. The number of nitrogens with zero attached hydrogens (tertiary/aromatic N) is 3. The highest BCUT2D eigenvalue weighted by Gasteiger charge is 2.45. The van der Waals surface area contributed by atoms with Gasteiger partial charge in [-0.1, -0.05) is 11.2 Å². The zero-order valence-electron chi connectivity index (χ0n) is 11.6. The van der Waals surface area contributed by atoms with Crippen molar-refractivity contribution in [2.75, 3.05) is 0 Å². The highest BCUT2D eigenvalue weighted by atomic mass is 19.1. The van der Waals surface area contributed by atoms with Gasteiger partial charge in [0, 0.05) is 12.0 Å². The van der Waals surface area contributed by atoms with E-state index in [9.17, 15) is 8.78 Å². The number of aromatic nitrogens is 3. The molecule has 1 saturated carbocycles. The van der Waals surface area contributed by atoms with Gasteiger partial charge in [0.05, 0.1) is 5.69 Å². The lowest BCUT2D eigenvalue weighted by Crippen LogP contribution is -1.91. The first-order valence-electron chi connectivity index (χ1n) is 6.82. The van der Waals surface area contributed by atoms with Gasteiger partial charge in [0.1, 0.15) is 11.6 Å². The highest BCUT2D eigenvalue weighted by molar-refractivity contribution is 5.48. The second-order valence-corrected chi connectivity index (χ2v) is 5.34. The fourth-order valence-electron chi connectivity index (χ4n) is 2.61. The third kappa shape index (κ3) is 2.09. The molecule has 0 unspecified atom stereocenters. The van der Waals surface area contributed by atoms with Gasteiger partial charge in [-0.3, -0.25) is 0 Å². The number of hydrogen-bond acceptors (Lipinski definition) is 5. The second kappa shape index (κ2) is 4.72. The van der Waals surface area contributed by atoms with Crippen LogP contribution in [-0.2, 0) is 0 Å². The summed E-state index contributed by atoms with van der Waals surface area (Å²) in [6, 6.07) is 3.61. The Kier molecular flexibility index (Phi) is 2.82. The Bertz CT molecular complexity index is 843. The lowest BCUT2D eigenvalue weighted by atomic mass is 10.1. The SMILES string of the molecule is Cc1ncoc1-c1noc([C@@H]2C[C@H]2c2ccc(F)cc2F)n1. The molecule has 0 bridgehead atoms. The Labute approximate surface area is 124 Å². The van der Waals surface area contributed by atoms with Crippen LogP contribution in [0.1, 0.15) is 35.4 Å². The van der Waals surface area contributed by atoms with Crippen LogP contribution in [0.3, 0.4) is 0 Å². The van der Waals surface area contributed by atoms with Crippen molar-refractivity contribution in [3.8, 4) is 11.6 Å². The van der Waals surface area contributed by atoms with E-state index in [1.165, 1.54) is 18.5 Å². The molecule has 2 atom stereocenters. The summed E-state index contributed by atoms with van der Waals surface area (Å²) >= 11 is 0. The van der Waals surface area contributed by atoms with E-state index >= 15 is 0 Å². The summed E-state index contributed by atoms with van der Waals surface area (Å²) in [6.07, 6.45) is 2.01. The molecule has 0 saturated heterocycles. The first-order chi connectivity index (χ1) is 10.6. The van der Waals surface area contributed by atoms with E-state index in [1.807, 2.05) is 0 Å². The number of halogens is 2. The standard InChI is InChI=1S/C15H11F2N3O2/c1-7-13(21-6-18-7)14-19-15(22-20-14)11-5-10(11)9-3-2-8(16)4-12(9)17/h2-4,6,10-11H,5H2,1H3/t10-,11+/m0/s1. The predicted octanol–water partition coefficient (Wildman–Crippen LogP) is 3.58. The molecule has 1 aliphatic rings. The molecule has 1 aromatic carbocycles. The molecule has 2 aromatic heterocycles. The second-order valence-electron chi connectivity index (χ2n) is 5.34. The van der Waals surface area contributed by atoms with E-state index < -0.39 is 11.6 Å². The molecule has 0 aliphatic heterocycles. The zero-order chi connectivity index (χ0) is 15.3. The predicted molar refractivity (Wildman–Crippen MR) is 71.0 cm³/mol. The van der Waals surface area contributed by atoms with Crippen molar-refractivity contribution in [1.29, 1.82) is 0 Å². The van der Waals surface area contributed by atoms with Crippen LogP contribution in [0, 0.1) is 18.6 Å². The van der Waals surface area contributed by atoms with Crippen LogP contribution in [0.25, 0.3) is 11.6 Å². The van der Waals surface area contributed by atoms with E-state index in [0.29, 0.717) is 35.2 Å². The summed E-state index contributed by atoms with van der Waals surface area (Å²) in [7, 11) is 0. The van der Waals surface area contributed by atoms with Crippen molar-refractivity contribution in [3.05, 3.63) is 53.4 Å². The topological polar surface area (TPSA) is 65.0 Å². The highest BCUT2D eigenvalue weighted by Crippen LogP contribution is 2.54. The third-order valence-electron chi connectivity index (χ3n) is 3.86. The van der Waals surface area contributed by atoms with E-state index in [1.54, 1.807) is 6.92 Å². The number of rotatable bonds is 3. The lowest BCUT2D eigenvalue weighted by molar-refractivity contribution is 0.377. The molecule has 0 amide bonds. The summed E-state index contributed by atoms with van der Waals surface area (Å²) in [5, 5.41) is 3.87. The first-order valence-corrected chi connectivity index (χ1v) is 6.82. The molecule has 0 radical (unpaired) electrons. The van der Waals surface area contributed by atoms with Crippen LogP contribution in [0.15, 0.2) is 33.5 Å². The average molecular weight is 303 g/mol. The van der Waals surface area contributed by atoms with Gasteiger partial charge in [-0.15, -0.1) is 0 Å². The minimum Gasteiger partial charge on any atom is -0.440 e. The molecular formula is C15H11F2N3O2. The van der Waals surface area contributed by atoms with E-state index in [2.05, 4.69) is 15.1 Å². The third-order valence-corrected chi connectivity index (χ3v) is 3.86. The molecule has 2 heterocycles. The van der Waals surface area contributed by atoms with Gasteiger partial charge < -0.3 is 8.94 Å². The molecule has 3 aromatic rings. The van der Waals surface area contributed by atoms with E-state index in [-0.39, 0.29) is 11.8 Å². The van der Waals surface area contributed by atoms with E-state index in [0.717, 1.165) is 6.07 Å². The van der Waals surface area contributed by atoms with Crippen molar-refractivity contribution < 1.29 is 17.7 Å². The number of benzene rings is 1. The molecule has 4 rings (SSSR count). The van der Waals surface area contributed by atoms with Gasteiger partial charge in [-0.05, 0) is 30.9 Å². The van der Waals surface area contributed by atoms with Gasteiger partial charge >= 0.3 is 0 Å². The molecule has 112 valence electrons. The van der Waals surface area contributed by atoms with Gasteiger partial charge in [0.15, 0.2) is 12.2 Å². The van der Waals surface area contributed by atoms with Crippen LogP contribution < -0.4 is 0 Å². The quantitative estimate of drug-likeness (QED) is 0.740. The minimum absolute atomic E-state index is 0.0514. The summed E-state index contributed by atoms with van der Waals surface area (Å²) in [6.45, 7) is 1.78. The maximum atomic E-state index is 13.8. The molecule has 1 aliphatic carbocycles. The minimum atomic E-state index is -0.584.